The van der Waals surface area contributed by atoms with Crippen molar-refractivity contribution in [1.82, 2.24) is 19.8 Å². The van der Waals surface area contributed by atoms with Crippen LogP contribution in [0.5, 0.6) is 5.75 Å². The fraction of sp³-hybridized carbons (Fsp3) is 0.621. The van der Waals surface area contributed by atoms with E-state index in [2.05, 4.69) is 63.9 Å². The van der Waals surface area contributed by atoms with E-state index >= 15 is 0 Å². The van der Waals surface area contributed by atoms with E-state index in [1.807, 2.05) is 4.90 Å². The third-order valence-electron chi connectivity index (χ3n) is 8.69. The lowest BCUT2D eigenvalue weighted by molar-refractivity contribution is -0.137. The highest BCUT2D eigenvalue weighted by Gasteiger charge is 2.54. The van der Waals surface area contributed by atoms with E-state index in [0.29, 0.717) is 30.4 Å². The highest BCUT2D eigenvalue weighted by molar-refractivity contribution is 5.69. The standard InChI is InChI=1S/C29H39N5O3/c1-21-15-33(27-30-13-26(14-31-27)36-18-24-9-6-10-24)16-22(2)34(21)28(35)37-25-11-29(12-25)19-32(20-29)17-23-7-4-3-5-8-23/h3-5,7-8,13-14,21-22,24-25H,6,9-12,15-20H2,1-2H3/t21-,22+. The number of carbonyl (C=O) groups excluding carboxylic acids is 1. The first-order valence-electron chi connectivity index (χ1n) is 13.9. The van der Waals surface area contributed by atoms with Gasteiger partial charge in [-0.1, -0.05) is 36.8 Å². The summed E-state index contributed by atoms with van der Waals surface area (Å²) in [4.78, 5) is 28.8. The maximum atomic E-state index is 13.1. The fourth-order valence-electron chi connectivity index (χ4n) is 6.57. The summed E-state index contributed by atoms with van der Waals surface area (Å²) in [5.41, 5.74) is 1.71. The summed E-state index contributed by atoms with van der Waals surface area (Å²) < 4.78 is 11.8. The average molecular weight is 506 g/mol. The quantitative estimate of drug-likeness (QED) is 0.554. The largest absolute Gasteiger partial charge is 0.490 e. The van der Waals surface area contributed by atoms with Crippen molar-refractivity contribution < 1.29 is 14.3 Å². The number of nitrogens with zero attached hydrogens (tertiary/aromatic N) is 5. The SMILES string of the molecule is C[C@@H]1CN(c2ncc(OCC3CCC3)cn2)C[C@H](C)N1C(=O)OC1CC2(C1)CN(Cc1ccccc1)C2. The molecule has 8 nitrogen and oxygen atoms in total. The average Bonchev–Trinajstić information content (AvgIpc) is 2.81. The van der Waals surface area contributed by atoms with Crippen molar-refractivity contribution in [2.45, 2.75) is 70.7 Å². The number of benzene rings is 1. The summed E-state index contributed by atoms with van der Waals surface area (Å²) in [5, 5.41) is 0. The van der Waals surface area contributed by atoms with E-state index in [1.165, 1.54) is 24.8 Å². The van der Waals surface area contributed by atoms with Gasteiger partial charge in [-0.25, -0.2) is 14.8 Å². The summed E-state index contributed by atoms with van der Waals surface area (Å²) in [6, 6.07) is 10.7. The number of amides is 1. The summed E-state index contributed by atoms with van der Waals surface area (Å²) in [5.74, 6) is 2.10. The Hall–Kier alpha value is -2.87. The van der Waals surface area contributed by atoms with E-state index < -0.39 is 0 Å². The molecule has 37 heavy (non-hydrogen) atoms. The first-order valence-corrected chi connectivity index (χ1v) is 13.9. The second-order valence-corrected chi connectivity index (χ2v) is 11.9. The Morgan fingerprint density at radius 1 is 1.03 bits per heavy atom. The summed E-state index contributed by atoms with van der Waals surface area (Å²) >= 11 is 0. The minimum atomic E-state index is -0.180. The Kier molecular flexibility index (Phi) is 6.69. The molecule has 2 atom stereocenters. The molecule has 0 radical (unpaired) electrons. The van der Waals surface area contributed by atoms with Crippen LogP contribution in [0.1, 0.15) is 51.5 Å². The third kappa shape index (κ3) is 5.26. The fourth-order valence-corrected chi connectivity index (χ4v) is 6.57. The number of aromatic nitrogens is 2. The molecule has 1 spiro atoms. The van der Waals surface area contributed by atoms with Gasteiger partial charge in [0, 0.05) is 38.1 Å². The number of anilines is 1. The highest BCUT2D eigenvalue weighted by Crippen LogP contribution is 2.50. The molecule has 2 saturated heterocycles. The zero-order valence-electron chi connectivity index (χ0n) is 22.1. The molecule has 2 aromatic rings. The van der Waals surface area contributed by atoms with Crippen molar-refractivity contribution in [2.75, 3.05) is 37.7 Å². The van der Waals surface area contributed by atoms with Gasteiger partial charge in [-0.2, -0.15) is 0 Å². The van der Waals surface area contributed by atoms with Crippen LogP contribution in [0, 0.1) is 11.3 Å². The van der Waals surface area contributed by atoms with Crippen LogP contribution in [0.25, 0.3) is 0 Å². The third-order valence-corrected chi connectivity index (χ3v) is 8.69. The van der Waals surface area contributed by atoms with Crippen LogP contribution in [-0.4, -0.2) is 76.8 Å². The Morgan fingerprint density at radius 2 is 1.70 bits per heavy atom. The molecule has 3 heterocycles. The maximum Gasteiger partial charge on any atom is 0.410 e. The van der Waals surface area contributed by atoms with E-state index in [1.54, 1.807) is 12.4 Å². The molecule has 1 aromatic carbocycles. The molecule has 8 heteroatoms. The summed E-state index contributed by atoms with van der Waals surface area (Å²) in [6.45, 7) is 9.50. The van der Waals surface area contributed by atoms with Crippen molar-refractivity contribution in [3.63, 3.8) is 0 Å². The number of rotatable bonds is 7. The van der Waals surface area contributed by atoms with Crippen LogP contribution in [0.3, 0.4) is 0 Å². The molecule has 1 amide bonds. The zero-order valence-corrected chi connectivity index (χ0v) is 22.1. The van der Waals surface area contributed by atoms with Gasteiger partial charge in [-0.05, 0) is 51.0 Å². The van der Waals surface area contributed by atoms with Crippen molar-refractivity contribution >= 4 is 12.0 Å². The van der Waals surface area contributed by atoms with E-state index in [-0.39, 0.29) is 24.3 Å². The molecule has 4 aliphatic rings. The first kappa shape index (κ1) is 24.5. The summed E-state index contributed by atoms with van der Waals surface area (Å²) in [7, 11) is 0. The van der Waals surface area contributed by atoms with Crippen molar-refractivity contribution in [2.24, 2.45) is 11.3 Å². The lowest BCUT2D eigenvalue weighted by Gasteiger charge is -2.58. The number of hydrogen-bond acceptors (Lipinski definition) is 7. The molecule has 0 unspecified atom stereocenters. The summed E-state index contributed by atoms with van der Waals surface area (Å²) in [6.07, 6.45) is 9.20. The predicted molar refractivity (Wildman–Crippen MR) is 141 cm³/mol. The molecule has 0 bridgehead atoms. The van der Waals surface area contributed by atoms with Crippen LogP contribution in [0.2, 0.25) is 0 Å². The van der Waals surface area contributed by atoms with E-state index in [9.17, 15) is 4.79 Å². The smallest absolute Gasteiger partial charge is 0.410 e. The monoisotopic (exact) mass is 505 g/mol. The van der Waals surface area contributed by atoms with Crippen LogP contribution in [-0.2, 0) is 11.3 Å². The number of carbonyl (C=O) groups is 1. The Balaban J connectivity index is 0.948. The van der Waals surface area contributed by atoms with Crippen LogP contribution in [0.15, 0.2) is 42.7 Å². The molecule has 198 valence electrons. The van der Waals surface area contributed by atoms with Gasteiger partial charge >= 0.3 is 6.09 Å². The Morgan fingerprint density at radius 3 is 2.32 bits per heavy atom. The Labute approximate surface area is 220 Å². The number of likely N-dealkylation sites (tertiary alicyclic amines) is 1. The normalized spacial score (nSPS) is 25.8. The number of hydrogen-bond donors (Lipinski definition) is 0. The molecular weight excluding hydrogens is 466 g/mol. The second kappa shape index (κ2) is 10.1. The van der Waals surface area contributed by atoms with Gasteiger partial charge in [-0.15, -0.1) is 0 Å². The molecule has 1 aromatic heterocycles. The van der Waals surface area contributed by atoms with Gasteiger partial charge < -0.3 is 14.4 Å². The second-order valence-electron chi connectivity index (χ2n) is 11.9. The lowest BCUT2D eigenvalue weighted by atomic mass is 9.61. The van der Waals surface area contributed by atoms with E-state index in [4.69, 9.17) is 9.47 Å². The molecule has 2 saturated carbocycles. The topological polar surface area (TPSA) is 71.0 Å². The molecule has 2 aliphatic heterocycles. The van der Waals surface area contributed by atoms with Gasteiger partial charge in [0.05, 0.1) is 31.1 Å². The zero-order chi connectivity index (χ0) is 25.4. The van der Waals surface area contributed by atoms with Gasteiger partial charge in [0.1, 0.15) is 6.10 Å². The van der Waals surface area contributed by atoms with Gasteiger partial charge in [0.2, 0.25) is 5.95 Å². The minimum Gasteiger partial charge on any atom is -0.490 e. The van der Waals surface area contributed by atoms with Gasteiger partial charge in [-0.3, -0.25) is 9.80 Å². The van der Waals surface area contributed by atoms with Gasteiger partial charge in [0.15, 0.2) is 5.75 Å². The molecule has 2 aliphatic carbocycles. The highest BCUT2D eigenvalue weighted by atomic mass is 16.6. The van der Waals surface area contributed by atoms with Crippen LogP contribution >= 0.6 is 0 Å². The molecule has 0 N–H and O–H groups in total. The van der Waals surface area contributed by atoms with Crippen molar-refractivity contribution in [3.05, 3.63) is 48.3 Å². The van der Waals surface area contributed by atoms with Gasteiger partial charge in [0.25, 0.3) is 0 Å². The lowest BCUT2D eigenvalue weighted by Crippen LogP contribution is -2.65. The Bertz CT molecular complexity index is 1050. The van der Waals surface area contributed by atoms with Crippen LogP contribution in [0.4, 0.5) is 10.7 Å². The molecular formula is C29H39N5O3. The molecule has 4 fully saturated rings. The number of piperazine rings is 1. The first-order chi connectivity index (χ1) is 18.0. The van der Waals surface area contributed by atoms with E-state index in [0.717, 1.165) is 44.8 Å². The maximum absolute atomic E-state index is 13.1. The predicted octanol–water partition coefficient (Wildman–Crippen LogP) is 4.36. The molecule has 6 rings (SSSR count). The van der Waals surface area contributed by atoms with Crippen LogP contribution < -0.4 is 9.64 Å². The number of ether oxygens (including phenoxy) is 2. The van der Waals surface area contributed by atoms with Crippen molar-refractivity contribution in [3.8, 4) is 5.75 Å². The minimum absolute atomic E-state index is 0.0218. The van der Waals surface area contributed by atoms with Crippen molar-refractivity contribution in [1.29, 1.82) is 0 Å².